The third-order valence-electron chi connectivity index (χ3n) is 3.14. The van der Waals surface area contributed by atoms with E-state index in [1.54, 1.807) is 12.1 Å². The van der Waals surface area contributed by atoms with Crippen LogP contribution in [0.15, 0.2) is 24.3 Å². The standard InChI is InChI=1S/C14H17ClFN3/c1-10-13(8-15)14(19(3)17-10)18(2)9-11-4-6-12(16)7-5-11/h4-7H,8-9H2,1-3H3. The van der Waals surface area contributed by atoms with Gasteiger partial charge in [0.2, 0.25) is 0 Å². The van der Waals surface area contributed by atoms with E-state index in [1.807, 2.05) is 25.7 Å². The first-order chi connectivity index (χ1) is 9.02. The molecule has 5 heteroatoms. The molecule has 0 bridgehead atoms. The van der Waals surface area contributed by atoms with E-state index in [9.17, 15) is 4.39 Å². The summed E-state index contributed by atoms with van der Waals surface area (Å²) in [6.45, 7) is 2.64. The lowest BCUT2D eigenvalue weighted by Crippen LogP contribution is -2.20. The fourth-order valence-corrected chi connectivity index (χ4v) is 2.58. The summed E-state index contributed by atoms with van der Waals surface area (Å²) in [4.78, 5) is 2.07. The smallest absolute Gasteiger partial charge is 0.131 e. The second-order valence-electron chi connectivity index (χ2n) is 4.63. The molecular formula is C14H17ClFN3. The number of hydrogen-bond donors (Lipinski definition) is 0. The number of aryl methyl sites for hydroxylation is 2. The molecule has 0 radical (unpaired) electrons. The molecule has 0 saturated heterocycles. The van der Waals surface area contributed by atoms with E-state index in [0.29, 0.717) is 12.4 Å². The Morgan fingerprint density at radius 1 is 1.32 bits per heavy atom. The highest BCUT2D eigenvalue weighted by Crippen LogP contribution is 2.25. The summed E-state index contributed by atoms with van der Waals surface area (Å²) in [5, 5.41) is 4.39. The minimum absolute atomic E-state index is 0.218. The number of aromatic nitrogens is 2. The molecule has 1 heterocycles. The lowest BCUT2D eigenvalue weighted by atomic mass is 10.2. The van der Waals surface area contributed by atoms with Crippen LogP contribution in [-0.2, 0) is 19.5 Å². The maximum atomic E-state index is 12.9. The van der Waals surface area contributed by atoms with Crippen LogP contribution in [0.1, 0.15) is 16.8 Å². The van der Waals surface area contributed by atoms with Crippen LogP contribution in [0.5, 0.6) is 0 Å². The third kappa shape index (κ3) is 2.89. The highest BCUT2D eigenvalue weighted by Gasteiger charge is 2.16. The molecule has 0 aliphatic rings. The Morgan fingerprint density at radius 2 is 1.95 bits per heavy atom. The van der Waals surface area contributed by atoms with E-state index in [-0.39, 0.29) is 5.82 Å². The van der Waals surface area contributed by atoms with Crippen molar-refractivity contribution in [3.8, 4) is 0 Å². The summed E-state index contributed by atoms with van der Waals surface area (Å²) in [5.41, 5.74) is 3.02. The Morgan fingerprint density at radius 3 is 2.53 bits per heavy atom. The van der Waals surface area contributed by atoms with Gasteiger partial charge in [-0.3, -0.25) is 4.68 Å². The van der Waals surface area contributed by atoms with Crippen LogP contribution in [0.4, 0.5) is 10.2 Å². The van der Waals surface area contributed by atoms with Crippen molar-refractivity contribution in [1.29, 1.82) is 0 Å². The lowest BCUT2D eigenvalue weighted by Gasteiger charge is -2.20. The fraction of sp³-hybridized carbons (Fsp3) is 0.357. The zero-order valence-corrected chi connectivity index (χ0v) is 12.1. The van der Waals surface area contributed by atoms with Crippen LogP contribution in [0.2, 0.25) is 0 Å². The molecule has 0 spiro atoms. The van der Waals surface area contributed by atoms with Gasteiger partial charge in [-0.15, -0.1) is 11.6 Å². The normalized spacial score (nSPS) is 10.8. The summed E-state index contributed by atoms with van der Waals surface area (Å²) in [6, 6.07) is 6.52. The van der Waals surface area contributed by atoms with Crippen molar-refractivity contribution >= 4 is 17.4 Å². The van der Waals surface area contributed by atoms with Gasteiger partial charge in [-0.05, 0) is 24.6 Å². The van der Waals surface area contributed by atoms with Crippen molar-refractivity contribution in [2.45, 2.75) is 19.3 Å². The summed E-state index contributed by atoms with van der Waals surface area (Å²) in [5.74, 6) is 1.21. The van der Waals surface area contributed by atoms with E-state index in [2.05, 4.69) is 10.00 Å². The molecule has 2 aromatic rings. The van der Waals surface area contributed by atoms with Gasteiger partial charge in [0.15, 0.2) is 0 Å². The van der Waals surface area contributed by atoms with Crippen molar-refractivity contribution in [1.82, 2.24) is 9.78 Å². The quantitative estimate of drug-likeness (QED) is 0.802. The van der Waals surface area contributed by atoms with Crippen LogP contribution in [0.25, 0.3) is 0 Å². The van der Waals surface area contributed by atoms with E-state index >= 15 is 0 Å². The summed E-state index contributed by atoms with van der Waals surface area (Å²) >= 11 is 5.99. The van der Waals surface area contributed by atoms with Crippen molar-refractivity contribution in [2.24, 2.45) is 7.05 Å². The van der Waals surface area contributed by atoms with Gasteiger partial charge in [0.05, 0.1) is 11.6 Å². The van der Waals surface area contributed by atoms with Crippen LogP contribution in [-0.4, -0.2) is 16.8 Å². The van der Waals surface area contributed by atoms with Gasteiger partial charge in [-0.1, -0.05) is 12.1 Å². The topological polar surface area (TPSA) is 21.1 Å². The predicted octanol–water partition coefficient (Wildman–Crippen LogP) is 3.24. The molecule has 102 valence electrons. The SMILES string of the molecule is Cc1nn(C)c(N(C)Cc2ccc(F)cc2)c1CCl. The van der Waals surface area contributed by atoms with Crippen molar-refractivity contribution < 1.29 is 4.39 Å². The zero-order chi connectivity index (χ0) is 14.0. The molecule has 0 amide bonds. The summed E-state index contributed by atoms with van der Waals surface area (Å²) in [6.07, 6.45) is 0. The Kier molecular flexibility index (Phi) is 4.10. The predicted molar refractivity (Wildman–Crippen MR) is 76.0 cm³/mol. The van der Waals surface area contributed by atoms with Crippen LogP contribution in [0, 0.1) is 12.7 Å². The second kappa shape index (κ2) is 5.61. The summed E-state index contributed by atoms with van der Waals surface area (Å²) in [7, 11) is 3.88. The summed E-state index contributed by atoms with van der Waals surface area (Å²) < 4.78 is 14.7. The average Bonchev–Trinajstić information content (AvgIpc) is 2.66. The van der Waals surface area contributed by atoms with Crippen molar-refractivity contribution in [3.63, 3.8) is 0 Å². The number of rotatable bonds is 4. The molecular weight excluding hydrogens is 265 g/mol. The fourth-order valence-electron chi connectivity index (χ4n) is 2.26. The lowest BCUT2D eigenvalue weighted by molar-refractivity contribution is 0.626. The van der Waals surface area contributed by atoms with Gasteiger partial charge >= 0.3 is 0 Å². The number of nitrogens with zero attached hydrogens (tertiary/aromatic N) is 3. The van der Waals surface area contributed by atoms with Crippen LogP contribution < -0.4 is 4.90 Å². The first-order valence-corrected chi connectivity index (χ1v) is 6.60. The Hall–Kier alpha value is -1.55. The molecule has 0 atom stereocenters. The average molecular weight is 282 g/mol. The molecule has 2 rings (SSSR count). The Balaban J connectivity index is 2.24. The number of hydrogen-bond acceptors (Lipinski definition) is 2. The first kappa shape index (κ1) is 13.9. The van der Waals surface area contributed by atoms with Gasteiger partial charge in [-0.25, -0.2) is 4.39 Å². The molecule has 0 aliphatic heterocycles. The number of halogens is 2. The van der Waals surface area contributed by atoms with Crippen molar-refractivity contribution in [2.75, 3.05) is 11.9 Å². The molecule has 0 aliphatic carbocycles. The van der Waals surface area contributed by atoms with E-state index in [0.717, 1.165) is 22.6 Å². The molecule has 0 fully saturated rings. The second-order valence-corrected chi connectivity index (χ2v) is 4.89. The minimum Gasteiger partial charge on any atom is -0.355 e. The Labute approximate surface area is 117 Å². The van der Waals surface area contributed by atoms with Crippen LogP contribution >= 0.6 is 11.6 Å². The van der Waals surface area contributed by atoms with E-state index in [1.165, 1.54) is 12.1 Å². The number of anilines is 1. The molecule has 0 N–H and O–H groups in total. The molecule has 1 aromatic carbocycles. The molecule has 0 unspecified atom stereocenters. The monoisotopic (exact) mass is 281 g/mol. The molecule has 3 nitrogen and oxygen atoms in total. The molecule has 19 heavy (non-hydrogen) atoms. The Bertz CT molecular complexity index is 563. The van der Waals surface area contributed by atoms with E-state index < -0.39 is 0 Å². The van der Waals surface area contributed by atoms with Gasteiger partial charge in [0.1, 0.15) is 11.6 Å². The van der Waals surface area contributed by atoms with Gasteiger partial charge in [-0.2, -0.15) is 5.10 Å². The molecule has 1 aromatic heterocycles. The maximum Gasteiger partial charge on any atom is 0.131 e. The van der Waals surface area contributed by atoms with Crippen LogP contribution in [0.3, 0.4) is 0 Å². The maximum absolute atomic E-state index is 12.9. The molecule has 0 saturated carbocycles. The number of alkyl halides is 1. The van der Waals surface area contributed by atoms with Gasteiger partial charge in [0.25, 0.3) is 0 Å². The van der Waals surface area contributed by atoms with Gasteiger partial charge < -0.3 is 4.90 Å². The van der Waals surface area contributed by atoms with E-state index in [4.69, 9.17) is 11.6 Å². The van der Waals surface area contributed by atoms with Gasteiger partial charge in [0, 0.05) is 26.2 Å². The third-order valence-corrected chi connectivity index (χ3v) is 3.41. The van der Waals surface area contributed by atoms with Crippen molar-refractivity contribution in [3.05, 3.63) is 46.9 Å². The first-order valence-electron chi connectivity index (χ1n) is 6.07. The highest BCUT2D eigenvalue weighted by atomic mass is 35.5. The zero-order valence-electron chi connectivity index (χ0n) is 11.3. The minimum atomic E-state index is -0.218. The highest BCUT2D eigenvalue weighted by molar-refractivity contribution is 6.17. The number of benzene rings is 1. The largest absolute Gasteiger partial charge is 0.355 e.